The van der Waals surface area contributed by atoms with Gasteiger partial charge in [0.25, 0.3) is 25.0 Å². The molecule has 0 saturated carbocycles. The van der Waals surface area contributed by atoms with Crippen molar-refractivity contribution in [2.45, 2.75) is 0 Å². The minimum absolute atomic E-state index is 0.597. The first kappa shape index (κ1) is 36.2. The van der Waals surface area contributed by atoms with Gasteiger partial charge in [-0.15, -0.1) is 0 Å². The molecule has 10 N–H and O–H groups in total. The van der Waals surface area contributed by atoms with Crippen LogP contribution < -0.4 is 11.5 Å². The van der Waals surface area contributed by atoms with Gasteiger partial charge in [-0.3, -0.25) is 0 Å². The van der Waals surface area contributed by atoms with Gasteiger partial charge in [0.2, 0.25) is 0 Å². The predicted octanol–water partition coefficient (Wildman–Crippen LogP) is -3.09. The quantitative estimate of drug-likeness (QED) is 0.217. The first-order valence-corrected chi connectivity index (χ1v) is 5.99. The first-order chi connectivity index (χ1) is 9.57. The van der Waals surface area contributed by atoms with Crippen molar-refractivity contribution >= 4 is 0 Å². The molecule has 21 heavy (non-hydrogen) atoms. The Bertz CT molecular complexity index is 354. The van der Waals surface area contributed by atoms with Gasteiger partial charge in [-0.05, 0) is 0 Å². The number of hydrogen-bond donors (Lipinski definition) is 8. The molecule has 0 aliphatic carbocycles. The fraction of sp³-hybridized carbons (Fsp3) is 0.333. The van der Waals surface area contributed by atoms with Crippen molar-refractivity contribution in [3.63, 3.8) is 0 Å². The van der Waals surface area contributed by atoms with Crippen LogP contribution in [0.25, 0.3) is 0 Å². The van der Waals surface area contributed by atoms with Gasteiger partial charge < -0.3 is 31.9 Å². The fourth-order valence-electron chi connectivity index (χ4n) is 0. The van der Waals surface area contributed by atoms with E-state index in [4.69, 9.17) is 68.9 Å². The van der Waals surface area contributed by atoms with Crippen LogP contribution in [-0.2, 0) is 21.2 Å². The monoisotopic (exact) mass is 350 g/mol. The molecule has 14 nitrogen and oxygen atoms in total. The molecule has 0 aromatic carbocycles. The normalized spacial score (nSPS) is 5.52. The SMILES string of the molecule is N#CO.N#CO.N#CO.N#CO.NCCN.[O]=[Cr](=[O])([OH])[OH]. The predicted molar refractivity (Wildman–Crippen MR) is 54.1 cm³/mol. The molecule has 0 atom stereocenters. The summed E-state index contributed by atoms with van der Waals surface area (Å²) in [7, 11) is 0. The van der Waals surface area contributed by atoms with E-state index in [9.17, 15) is 0 Å². The molecule has 0 aromatic rings. The zero-order valence-electron chi connectivity index (χ0n) is 10.3. The van der Waals surface area contributed by atoms with Crippen molar-refractivity contribution in [2.75, 3.05) is 13.1 Å². The molecule has 0 heterocycles. The van der Waals surface area contributed by atoms with E-state index >= 15 is 0 Å². The van der Waals surface area contributed by atoms with Crippen molar-refractivity contribution in [3.05, 3.63) is 0 Å². The van der Waals surface area contributed by atoms with Crippen molar-refractivity contribution in [3.8, 4) is 25.0 Å². The summed E-state index contributed by atoms with van der Waals surface area (Å²) in [5.74, 6) is 0. The van der Waals surface area contributed by atoms with Crippen LogP contribution in [0.4, 0.5) is 0 Å². The van der Waals surface area contributed by atoms with Gasteiger partial charge >= 0.3 is 29.5 Å². The summed E-state index contributed by atoms with van der Waals surface area (Å²) < 4.78 is 31.9. The maximum atomic E-state index is 8.82. The Labute approximate surface area is 121 Å². The van der Waals surface area contributed by atoms with Gasteiger partial charge in [-0.25, -0.2) is 0 Å². The molecule has 0 bridgehead atoms. The Morgan fingerprint density at radius 3 is 0.762 bits per heavy atom. The molecule has 0 aromatic heterocycles. The van der Waals surface area contributed by atoms with E-state index in [1.807, 2.05) is 0 Å². The number of nitriles is 4. The molecule has 0 aliphatic heterocycles. The maximum absolute atomic E-state index is 8.82. The van der Waals surface area contributed by atoms with Crippen LogP contribution in [0.5, 0.6) is 0 Å². The second-order valence-electron chi connectivity index (χ2n) is 1.43. The molecule has 0 saturated heterocycles. The first-order valence-electron chi connectivity index (χ1n) is 3.80. The van der Waals surface area contributed by atoms with E-state index in [0.717, 1.165) is 25.0 Å². The summed E-state index contributed by atoms with van der Waals surface area (Å²) in [4.78, 5) is 0. The summed E-state index contributed by atoms with van der Waals surface area (Å²) >= 11 is -5.25. The van der Waals surface area contributed by atoms with Gasteiger partial charge in [-0.1, -0.05) is 0 Å². The number of nitrogens with two attached hydrogens (primary N) is 2. The average molecular weight is 350 g/mol. The van der Waals surface area contributed by atoms with Gasteiger partial charge in [0.1, 0.15) is 0 Å². The third-order valence-corrected chi connectivity index (χ3v) is 0.167. The zero-order valence-corrected chi connectivity index (χ0v) is 11.5. The van der Waals surface area contributed by atoms with E-state index in [1.54, 1.807) is 0 Å². The molecule has 0 unspecified atom stereocenters. The Balaban J connectivity index is -0.0000000327. The summed E-state index contributed by atoms with van der Waals surface area (Å²) in [6, 6.07) is 0. The fourth-order valence-corrected chi connectivity index (χ4v) is 0. The van der Waals surface area contributed by atoms with E-state index in [-0.39, 0.29) is 0 Å². The molecule has 0 radical (unpaired) electrons. The van der Waals surface area contributed by atoms with Crippen molar-refractivity contribution in [1.29, 1.82) is 21.0 Å². The third kappa shape index (κ3) is 1120. The van der Waals surface area contributed by atoms with Gasteiger partial charge in [-0.2, -0.15) is 21.0 Å². The Morgan fingerprint density at radius 1 is 0.714 bits per heavy atom. The molecule has 122 valence electrons. The number of rotatable bonds is 1. The van der Waals surface area contributed by atoms with Crippen LogP contribution in [0.3, 0.4) is 0 Å². The average Bonchev–Trinajstić information content (AvgIpc) is 2.30. The third-order valence-electron chi connectivity index (χ3n) is 0.167. The van der Waals surface area contributed by atoms with Crippen LogP contribution in [0.1, 0.15) is 0 Å². The topological polar surface area (TPSA) is 303 Å². The minimum atomic E-state index is -5.25. The van der Waals surface area contributed by atoms with Gasteiger partial charge in [0, 0.05) is 13.1 Å². The van der Waals surface area contributed by atoms with Crippen molar-refractivity contribution < 1.29 is 50.0 Å². The van der Waals surface area contributed by atoms with Crippen LogP contribution >= 0.6 is 0 Å². The number of nitrogens with zero attached hydrogens (tertiary/aromatic N) is 4. The Kier molecular flexibility index (Phi) is 92.1. The molecule has 0 aliphatic rings. The summed E-state index contributed by atoms with van der Waals surface area (Å²) in [5.41, 5.74) is 9.81. The summed E-state index contributed by atoms with van der Waals surface area (Å²) in [5, 5.41) is 55.0. The van der Waals surface area contributed by atoms with E-state index in [2.05, 4.69) is 0 Å². The molecule has 0 rings (SSSR count). The Hall–Kier alpha value is -2.87. The molecule has 0 fully saturated rings. The van der Waals surface area contributed by atoms with E-state index in [0.29, 0.717) is 13.1 Å². The van der Waals surface area contributed by atoms with Crippen LogP contribution in [0, 0.1) is 46.1 Å². The molecular formula is C6H14CrN6O8. The molecule has 0 spiro atoms. The molecule has 0 amide bonds. The second kappa shape index (κ2) is 53.5. The summed E-state index contributed by atoms with van der Waals surface area (Å²) in [6.07, 6.45) is 3.00. The second-order valence-corrected chi connectivity index (χ2v) is 2.82. The number of aliphatic hydroxyl groups is 4. The number of aliphatic hydroxyl groups excluding tert-OH is 4. The van der Waals surface area contributed by atoms with E-state index in [1.165, 1.54) is 0 Å². The summed E-state index contributed by atoms with van der Waals surface area (Å²) in [6.45, 7) is 1.19. The van der Waals surface area contributed by atoms with Gasteiger partial charge in [0.15, 0.2) is 0 Å². The molecule has 15 heteroatoms. The van der Waals surface area contributed by atoms with Gasteiger partial charge in [0.05, 0.1) is 0 Å². The van der Waals surface area contributed by atoms with Crippen LogP contribution in [0.15, 0.2) is 0 Å². The van der Waals surface area contributed by atoms with Crippen LogP contribution in [-0.4, -0.2) is 41.8 Å². The Morgan fingerprint density at radius 2 is 0.762 bits per heavy atom. The van der Waals surface area contributed by atoms with E-state index < -0.39 is 13.6 Å². The number of hydrogen-bond acceptors (Lipinski definition) is 12. The zero-order chi connectivity index (χ0) is 18.7. The molecular weight excluding hydrogens is 336 g/mol. The van der Waals surface area contributed by atoms with Crippen LogP contribution in [0.2, 0.25) is 0 Å². The van der Waals surface area contributed by atoms with Crippen molar-refractivity contribution in [1.82, 2.24) is 0 Å². The standard InChI is InChI=1S/C2H8N2.4CHNO.Cr.2H2O.2O/c3-1-2-4;4*2-1-3;;;;;/h1-4H2;4*3H;;2*1H2;;/q;;;;;+2;;;;/p-2. The van der Waals surface area contributed by atoms with Crippen molar-refractivity contribution in [2.24, 2.45) is 11.5 Å².